The van der Waals surface area contributed by atoms with E-state index in [0.29, 0.717) is 11.4 Å². The fraction of sp³-hybridized carbons (Fsp3) is 0.182. The number of allylic oxidation sites excluding steroid dienone is 1. The van der Waals surface area contributed by atoms with Gasteiger partial charge in [0.25, 0.3) is 0 Å². The van der Waals surface area contributed by atoms with Gasteiger partial charge in [0, 0.05) is 23.5 Å². The number of hydrogen-bond donors (Lipinski definition) is 2. The Morgan fingerprint density at radius 1 is 1.56 bits per heavy atom. The molecule has 0 saturated carbocycles. The molecule has 0 heterocycles. The molecule has 5 heteroatoms. The van der Waals surface area contributed by atoms with Gasteiger partial charge in [-0.25, -0.2) is 4.79 Å². The summed E-state index contributed by atoms with van der Waals surface area (Å²) < 4.78 is 5.97. The van der Waals surface area contributed by atoms with E-state index in [1.165, 1.54) is 0 Å². The van der Waals surface area contributed by atoms with E-state index in [2.05, 4.69) is 21.2 Å². The number of ether oxygens (including phenoxy) is 1. The van der Waals surface area contributed by atoms with Crippen LogP contribution in [0.25, 0.3) is 0 Å². The van der Waals surface area contributed by atoms with Crippen LogP contribution < -0.4 is 10.1 Å². The molecule has 0 aliphatic rings. The summed E-state index contributed by atoms with van der Waals surface area (Å²) >= 11 is 3.34. The average Bonchev–Trinajstić information content (AvgIpc) is 2.19. The van der Waals surface area contributed by atoms with Crippen LogP contribution in [0.5, 0.6) is 5.75 Å². The Labute approximate surface area is 102 Å². The molecule has 2 N–H and O–H groups in total. The molecule has 1 aromatic rings. The molecule has 0 saturated heterocycles. The summed E-state index contributed by atoms with van der Waals surface area (Å²) in [5.74, 6) is -0.290. The number of rotatable bonds is 4. The largest absolute Gasteiger partial charge is 0.495 e. The maximum Gasteiger partial charge on any atom is 0.330 e. The second-order valence-electron chi connectivity index (χ2n) is 3.14. The number of nitrogens with one attached hydrogen (secondary N) is 1. The van der Waals surface area contributed by atoms with Crippen LogP contribution in [0.15, 0.2) is 34.4 Å². The van der Waals surface area contributed by atoms with Gasteiger partial charge < -0.3 is 15.2 Å². The van der Waals surface area contributed by atoms with Crippen molar-refractivity contribution in [1.29, 1.82) is 0 Å². The molecular formula is C11H12BrNO3. The molecule has 1 rings (SSSR count). The maximum atomic E-state index is 10.4. The zero-order valence-corrected chi connectivity index (χ0v) is 10.5. The Hall–Kier alpha value is -1.49. The molecule has 1 aromatic carbocycles. The van der Waals surface area contributed by atoms with Crippen molar-refractivity contribution in [2.75, 3.05) is 12.4 Å². The Kier molecular flexibility index (Phi) is 4.37. The Bertz CT molecular complexity index is 429. The first-order valence-electron chi connectivity index (χ1n) is 4.54. The number of benzene rings is 1. The van der Waals surface area contributed by atoms with Crippen molar-refractivity contribution in [2.45, 2.75) is 6.92 Å². The van der Waals surface area contributed by atoms with E-state index in [0.717, 1.165) is 16.2 Å². The number of carboxylic acids is 1. The van der Waals surface area contributed by atoms with Crippen LogP contribution in [0.1, 0.15) is 6.92 Å². The van der Waals surface area contributed by atoms with Crippen LogP contribution in [-0.2, 0) is 4.79 Å². The standard InChI is InChI=1S/C11H12BrNO3/c1-7(5-11(14)15)13-8-3-4-9(12)10(6-8)16-2/h3-6,13H,1-2H3,(H,14,15)/b7-5+. The SMILES string of the molecule is COc1cc(N/C(C)=C/C(=O)O)ccc1Br. The minimum Gasteiger partial charge on any atom is -0.495 e. The van der Waals surface area contributed by atoms with Crippen molar-refractivity contribution in [1.82, 2.24) is 0 Å². The summed E-state index contributed by atoms with van der Waals surface area (Å²) in [5.41, 5.74) is 1.33. The lowest BCUT2D eigenvalue weighted by Crippen LogP contribution is -1.99. The summed E-state index contributed by atoms with van der Waals surface area (Å²) in [6, 6.07) is 5.43. The Morgan fingerprint density at radius 2 is 2.25 bits per heavy atom. The molecule has 0 atom stereocenters. The molecule has 0 aliphatic carbocycles. The van der Waals surface area contributed by atoms with E-state index in [-0.39, 0.29) is 0 Å². The number of hydrogen-bond acceptors (Lipinski definition) is 3. The molecule has 0 aliphatic heterocycles. The molecule has 0 fully saturated rings. The van der Waals surface area contributed by atoms with Crippen molar-refractivity contribution < 1.29 is 14.6 Å². The lowest BCUT2D eigenvalue weighted by atomic mass is 10.3. The van der Waals surface area contributed by atoms with E-state index in [9.17, 15) is 4.79 Å². The van der Waals surface area contributed by atoms with Crippen molar-refractivity contribution in [2.24, 2.45) is 0 Å². The Morgan fingerprint density at radius 3 is 2.81 bits per heavy atom. The zero-order valence-electron chi connectivity index (χ0n) is 8.95. The van der Waals surface area contributed by atoms with Gasteiger partial charge in [-0.15, -0.1) is 0 Å². The molecule has 0 radical (unpaired) electrons. The number of halogens is 1. The highest BCUT2D eigenvalue weighted by atomic mass is 79.9. The summed E-state index contributed by atoms with van der Waals surface area (Å²) in [7, 11) is 1.57. The summed E-state index contributed by atoms with van der Waals surface area (Å²) in [5, 5.41) is 11.5. The second-order valence-corrected chi connectivity index (χ2v) is 3.99. The monoisotopic (exact) mass is 285 g/mol. The van der Waals surface area contributed by atoms with Gasteiger partial charge in [0.1, 0.15) is 5.75 Å². The molecule has 0 aromatic heterocycles. The summed E-state index contributed by atoms with van der Waals surface area (Å²) in [4.78, 5) is 10.4. The zero-order chi connectivity index (χ0) is 12.1. The number of methoxy groups -OCH3 is 1. The van der Waals surface area contributed by atoms with Crippen molar-refractivity contribution in [3.63, 3.8) is 0 Å². The first-order chi connectivity index (χ1) is 7.52. The molecular weight excluding hydrogens is 274 g/mol. The van der Waals surface area contributed by atoms with E-state index in [4.69, 9.17) is 9.84 Å². The van der Waals surface area contributed by atoms with Gasteiger partial charge >= 0.3 is 5.97 Å². The first-order valence-corrected chi connectivity index (χ1v) is 5.34. The number of aliphatic carboxylic acids is 1. The third-order valence-electron chi connectivity index (χ3n) is 1.83. The predicted octanol–water partition coefficient (Wildman–Crippen LogP) is 2.86. The molecule has 4 nitrogen and oxygen atoms in total. The van der Waals surface area contributed by atoms with Gasteiger partial charge in [0.05, 0.1) is 11.6 Å². The number of anilines is 1. The number of carbonyl (C=O) groups is 1. The molecule has 0 spiro atoms. The third kappa shape index (κ3) is 3.58. The maximum absolute atomic E-state index is 10.4. The van der Waals surface area contributed by atoms with Gasteiger partial charge in [-0.1, -0.05) is 0 Å². The highest BCUT2D eigenvalue weighted by molar-refractivity contribution is 9.10. The first kappa shape index (κ1) is 12.6. The molecule has 0 amide bonds. The van der Waals surface area contributed by atoms with Gasteiger partial charge in [-0.2, -0.15) is 0 Å². The summed E-state index contributed by atoms with van der Waals surface area (Å²) in [6.07, 6.45) is 1.11. The lowest BCUT2D eigenvalue weighted by Gasteiger charge is -2.09. The fourth-order valence-electron chi connectivity index (χ4n) is 1.19. The van der Waals surface area contributed by atoms with Crippen LogP contribution in [0.4, 0.5) is 5.69 Å². The van der Waals surface area contributed by atoms with Crippen LogP contribution in [-0.4, -0.2) is 18.2 Å². The van der Waals surface area contributed by atoms with E-state index in [1.54, 1.807) is 20.1 Å². The lowest BCUT2D eigenvalue weighted by molar-refractivity contribution is -0.131. The highest BCUT2D eigenvalue weighted by Crippen LogP contribution is 2.28. The smallest absolute Gasteiger partial charge is 0.330 e. The molecule has 0 unspecified atom stereocenters. The van der Waals surface area contributed by atoms with Crippen molar-refractivity contribution >= 4 is 27.6 Å². The number of carboxylic acid groups (broad SMARTS) is 1. The van der Waals surface area contributed by atoms with Crippen LogP contribution in [0.3, 0.4) is 0 Å². The van der Waals surface area contributed by atoms with E-state index >= 15 is 0 Å². The topological polar surface area (TPSA) is 58.6 Å². The normalized spacial score (nSPS) is 11.1. The molecule has 86 valence electrons. The fourth-order valence-corrected chi connectivity index (χ4v) is 1.60. The van der Waals surface area contributed by atoms with Crippen LogP contribution in [0, 0.1) is 0 Å². The van der Waals surface area contributed by atoms with Crippen LogP contribution >= 0.6 is 15.9 Å². The average molecular weight is 286 g/mol. The van der Waals surface area contributed by atoms with Gasteiger partial charge in [-0.3, -0.25) is 0 Å². The minimum atomic E-state index is -0.978. The molecule has 0 bridgehead atoms. The second kappa shape index (κ2) is 5.55. The van der Waals surface area contributed by atoms with E-state index in [1.807, 2.05) is 12.1 Å². The van der Waals surface area contributed by atoms with Crippen molar-refractivity contribution in [3.8, 4) is 5.75 Å². The van der Waals surface area contributed by atoms with Gasteiger partial charge in [-0.05, 0) is 35.0 Å². The summed E-state index contributed by atoms with van der Waals surface area (Å²) in [6.45, 7) is 1.68. The minimum absolute atomic E-state index is 0.553. The highest BCUT2D eigenvalue weighted by Gasteiger charge is 2.02. The quantitative estimate of drug-likeness (QED) is 0.836. The van der Waals surface area contributed by atoms with Crippen molar-refractivity contribution in [3.05, 3.63) is 34.4 Å². The molecule has 16 heavy (non-hydrogen) atoms. The van der Waals surface area contributed by atoms with Crippen LogP contribution in [0.2, 0.25) is 0 Å². The van der Waals surface area contributed by atoms with Gasteiger partial charge in [0.15, 0.2) is 0 Å². The Balaban J connectivity index is 2.86. The van der Waals surface area contributed by atoms with Gasteiger partial charge in [0.2, 0.25) is 0 Å². The third-order valence-corrected chi connectivity index (χ3v) is 2.49. The predicted molar refractivity (Wildman–Crippen MR) is 65.7 cm³/mol. The van der Waals surface area contributed by atoms with E-state index < -0.39 is 5.97 Å².